The number of methoxy groups -OCH3 is 1. The Labute approximate surface area is 111 Å². The molecular weight excluding hydrogens is 238 g/mol. The molecule has 3 nitrogen and oxygen atoms in total. The van der Waals surface area contributed by atoms with Crippen molar-refractivity contribution in [3.05, 3.63) is 0 Å². The van der Waals surface area contributed by atoms with E-state index in [9.17, 15) is 0 Å². The van der Waals surface area contributed by atoms with Crippen LogP contribution in [0.3, 0.4) is 0 Å². The molecule has 0 heterocycles. The summed E-state index contributed by atoms with van der Waals surface area (Å²) in [6, 6.07) is 0. The number of alkyl halides is 1. The second-order valence-electron chi connectivity index (χ2n) is 5.09. The molecule has 0 saturated heterocycles. The number of hydrogen-bond donors (Lipinski definition) is 1. The average Bonchev–Trinajstić information content (AvgIpc) is 2.30. The molecule has 0 aromatic rings. The molecule has 0 saturated carbocycles. The first-order chi connectivity index (χ1) is 8.12. The number of ether oxygens (including phenoxy) is 2. The van der Waals surface area contributed by atoms with Gasteiger partial charge in [-0.1, -0.05) is 13.8 Å². The highest BCUT2D eigenvalue weighted by atomic mass is 35.5. The van der Waals surface area contributed by atoms with Gasteiger partial charge >= 0.3 is 0 Å². The molecule has 0 bridgehead atoms. The minimum atomic E-state index is 0.339. The largest absolute Gasteiger partial charge is 0.382 e. The van der Waals surface area contributed by atoms with Crippen molar-refractivity contribution in [2.24, 2.45) is 5.41 Å². The van der Waals surface area contributed by atoms with Gasteiger partial charge < -0.3 is 14.8 Å². The van der Waals surface area contributed by atoms with Gasteiger partial charge in [0.25, 0.3) is 0 Å². The van der Waals surface area contributed by atoms with E-state index in [1.54, 1.807) is 7.11 Å². The lowest BCUT2D eigenvalue weighted by Crippen LogP contribution is -2.30. The first-order valence-electron chi connectivity index (χ1n) is 6.46. The van der Waals surface area contributed by atoms with Gasteiger partial charge in [0.05, 0.1) is 13.2 Å². The van der Waals surface area contributed by atoms with E-state index in [1.165, 1.54) is 6.42 Å². The fourth-order valence-electron chi connectivity index (χ4n) is 1.60. The van der Waals surface area contributed by atoms with E-state index in [0.717, 1.165) is 38.4 Å². The lowest BCUT2D eigenvalue weighted by Gasteiger charge is -2.24. The summed E-state index contributed by atoms with van der Waals surface area (Å²) in [5.74, 6) is 0.761. The van der Waals surface area contributed by atoms with Crippen molar-refractivity contribution in [3.8, 4) is 0 Å². The zero-order valence-electron chi connectivity index (χ0n) is 11.6. The summed E-state index contributed by atoms with van der Waals surface area (Å²) in [6.07, 6.45) is 3.32. The Balaban J connectivity index is 3.26. The summed E-state index contributed by atoms with van der Waals surface area (Å²) >= 11 is 5.70. The standard InChI is InChI=1S/C13H28ClNO2/c1-13(2,6-4-7-14)12-15-8-5-9-17-11-10-16-3/h15H,4-12H2,1-3H3. The van der Waals surface area contributed by atoms with Crippen LogP contribution in [0.4, 0.5) is 0 Å². The van der Waals surface area contributed by atoms with E-state index >= 15 is 0 Å². The molecule has 4 heteroatoms. The fraction of sp³-hybridized carbons (Fsp3) is 1.00. The van der Waals surface area contributed by atoms with Gasteiger partial charge in [0.1, 0.15) is 0 Å². The second-order valence-corrected chi connectivity index (χ2v) is 5.47. The number of rotatable bonds is 12. The lowest BCUT2D eigenvalue weighted by molar-refractivity contribution is 0.0692. The van der Waals surface area contributed by atoms with Crippen LogP contribution in [0.25, 0.3) is 0 Å². The van der Waals surface area contributed by atoms with Crippen molar-refractivity contribution in [1.82, 2.24) is 5.32 Å². The van der Waals surface area contributed by atoms with Crippen molar-refractivity contribution in [1.29, 1.82) is 0 Å². The summed E-state index contributed by atoms with van der Waals surface area (Å²) in [4.78, 5) is 0. The van der Waals surface area contributed by atoms with Crippen LogP contribution in [0.1, 0.15) is 33.1 Å². The summed E-state index contributed by atoms with van der Waals surface area (Å²) in [6.45, 7) is 8.79. The Bertz CT molecular complexity index is 165. The maximum atomic E-state index is 5.70. The van der Waals surface area contributed by atoms with Gasteiger partial charge in [0.15, 0.2) is 0 Å². The second kappa shape index (κ2) is 11.3. The minimum Gasteiger partial charge on any atom is -0.382 e. The van der Waals surface area contributed by atoms with Gasteiger partial charge in [-0.05, 0) is 31.2 Å². The number of nitrogens with one attached hydrogen (secondary N) is 1. The first-order valence-corrected chi connectivity index (χ1v) is 6.99. The lowest BCUT2D eigenvalue weighted by atomic mass is 9.88. The molecule has 17 heavy (non-hydrogen) atoms. The van der Waals surface area contributed by atoms with E-state index < -0.39 is 0 Å². The van der Waals surface area contributed by atoms with E-state index in [0.29, 0.717) is 18.6 Å². The predicted octanol–water partition coefficient (Wildman–Crippen LogP) is 2.67. The first kappa shape index (κ1) is 17.2. The molecule has 1 N–H and O–H groups in total. The van der Waals surface area contributed by atoms with Gasteiger partial charge in [-0.15, -0.1) is 11.6 Å². The summed E-state index contributed by atoms with van der Waals surface area (Å²) in [5, 5.41) is 3.47. The molecule has 0 atom stereocenters. The SMILES string of the molecule is COCCOCCCNCC(C)(C)CCCCl. The minimum absolute atomic E-state index is 0.339. The van der Waals surface area contributed by atoms with Gasteiger partial charge in [0, 0.05) is 26.1 Å². The van der Waals surface area contributed by atoms with Crippen molar-refractivity contribution in [2.45, 2.75) is 33.1 Å². The zero-order valence-corrected chi connectivity index (χ0v) is 12.3. The third-order valence-electron chi connectivity index (χ3n) is 2.66. The Morgan fingerprint density at radius 1 is 1.12 bits per heavy atom. The van der Waals surface area contributed by atoms with Gasteiger partial charge in [-0.2, -0.15) is 0 Å². The fourth-order valence-corrected chi connectivity index (χ4v) is 1.74. The van der Waals surface area contributed by atoms with E-state index in [1.807, 2.05) is 0 Å². The molecule has 0 aliphatic rings. The topological polar surface area (TPSA) is 30.5 Å². The van der Waals surface area contributed by atoms with Crippen LogP contribution < -0.4 is 5.32 Å². The van der Waals surface area contributed by atoms with Gasteiger partial charge in [-0.25, -0.2) is 0 Å². The highest BCUT2D eigenvalue weighted by molar-refractivity contribution is 6.17. The molecular formula is C13H28ClNO2. The van der Waals surface area contributed by atoms with Crippen LogP contribution >= 0.6 is 11.6 Å². The molecule has 0 unspecified atom stereocenters. The third kappa shape index (κ3) is 12.4. The molecule has 0 amide bonds. The highest BCUT2D eigenvalue weighted by Gasteiger charge is 2.15. The Hall–Kier alpha value is 0.170. The molecule has 0 fully saturated rings. The summed E-state index contributed by atoms with van der Waals surface area (Å²) in [5.41, 5.74) is 0.339. The van der Waals surface area contributed by atoms with E-state index in [2.05, 4.69) is 19.2 Å². The smallest absolute Gasteiger partial charge is 0.0700 e. The van der Waals surface area contributed by atoms with Gasteiger partial charge in [0.2, 0.25) is 0 Å². The molecule has 0 aliphatic carbocycles. The van der Waals surface area contributed by atoms with Crippen LogP contribution in [0.2, 0.25) is 0 Å². The summed E-state index contributed by atoms with van der Waals surface area (Å²) < 4.78 is 10.3. The molecule has 0 aromatic heterocycles. The van der Waals surface area contributed by atoms with E-state index in [-0.39, 0.29) is 0 Å². The quantitative estimate of drug-likeness (QED) is 0.435. The van der Waals surface area contributed by atoms with Crippen LogP contribution in [-0.2, 0) is 9.47 Å². The normalized spacial score (nSPS) is 12.0. The predicted molar refractivity (Wildman–Crippen MR) is 73.9 cm³/mol. The number of halogens is 1. The van der Waals surface area contributed by atoms with Crippen molar-refractivity contribution >= 4 is 11.6 Å². The zero-order chi connectivity index (χ0) is 13.0. The monoisotopic (exact) mass is 265 g/mol. The molecule has 0 aromatic carbocycles. The van der Waals surface area contributed by atoms with Crippen molar-refractivity contribution < 1.29 is 9.47 Å². The Morgan fingerprint density at radius 2 is 1.88 bits per heavy atom. The highest BCUT2D eigenvalue weighted by Crippen LogP contribution is 2.21. The third-order valence-corrected chi connectivity index (χ3v) is 2.93. The molecule has 0 rings (SSSR count). The Kier molecular flexibility index (Phi) is 11.4. The molecule has 0 aliphatic heterocycles. The molecule has 0 radical (unpaired) electrons. The average molecular weight is 266 g/mol. The maximum Gasteiger partial charge on any atom is 0.0700 e. The maximum absolute atomic E-state index is 5.70. The van der Waals surface area contributed by atoms with Crippen molar-refractivity contribution in [2.75, 3.05) is 45.9 Å². The Morgan fingerprint density at radius 3 is 2.53 bits per heavy atom. The van der Waals surface area contributed by atoms with Crippen LogP contribution in [0.15, 0.2) is 0 Å². The molecule has 0 spiro atoms. The number of hydrogen-bond acceptors (Lipinski definition) is 3. The molecule has 104 valence electrons. The van der Waals surface area contributed by atoms with Gasteiger partial charge in [-0.3, -0.25) is 0 Å². The van der Waals surface area contributed by atoms with Crippen LogP contribution in [-0.4, -0.2) is 45.9 Å². The van der Waals surface area contributed by atoms with Crippen LogP contribution in [0.5, 0.6) is 0 Å². The summed E-state index contributed by atoms with van der Waals surface area (Å²) in [7, 11) is 1.69. The van der Waals surface area contributed by atoms with Crippen LogP contribution in [0, 0.1) is 5.41 Å². The van der Waals surface area contributed by atoms with E-state index in [4.69, 9.17) is 21.1 Å². The van der Waals surface area contributed by atoms with Crippen molar-refractivity contribution in [3.63, 3.8) is 0 Å².